The molecule has 3 heteroatoms. The highest BCUT2D eigenvalue weighted by Gasteiger charge is 2.14. The number of hydrogen-bond donors (Lipinski definition) is 1. The molecule has 0 unspecified atom stereocenters. The molecule has 2 nitrogen and oxygen atoms in total. The molecular weight excluding hydrogens is 264 g/mol. The highest BCUT2D eigenvalue weighted by Crippen LogP contribution is 2.43. The maximum Gasteiger partial charge on any atom is 0.0775 e. The van der Waals surface area contributed by atoms with Gasteiger partial charge in [0.1, 0.15) is 0 Å². The maximum absolute atomic E-state index is 5.86. The highest BCUT2D eigenvalue weighted by molar-refractivity contribution is 7.99. The molecule has 2 N–H and O–H groups in total. The number of rotatable bonds is 0. The molecule has 0 aromatic heterocycles. The minimum atomic E-state index is 0.770. The van der Waals surface area contributed by atoms with E-state index in [2.05, 4.69) is 47.5 Å². The van der Waals surface area contributed by atoms with Crippen LogP contribution in [0.15, 0.2) is 69.4 Å². The molecule has 4 rings (SSSR count). The molecule has 20 heavy (non-hydrogen) atoms. The van der Waals surface area contributed by atoms with E-state index in [4.69, 9.17) is 5.73 Å². The van der Waals surface area contributed by atoms with E-state index in [9.17, 15) is 0 Å². The Hall–Kier alpha value is -2.26. The van der Waals surface area contributed by atoms with Gasteiger partial charge in [-0.05, 0) is 35.0 Å². The molecule has 3 aromatic rings. The monoisotopic (exact) mass is 276 g/mol. The largest absolute Gasteiger partial charge is 0.399 e. The van der Waals surface area contributed by atoms with Gasteiger partial charge in [-0.1, -0.05) is 42.1 Å². The lowest BCUT2D eigenvalue weighted by Gasteiger charge is -2.08. The predicted octanol–water partition coefficient (Wildman–Crippen LogP) is 4.64. The van der Waals surface area contributed by atoms with Crippen molar-refractivity contribution in [3.05, 3.63) is 60.2 Å². The summed E-state index contributed by atoms with van der Waals surface area (Å²) in [5, 5.41) is 2.49. The van der Waals surface area contributed by atoms with Crippen LogP contribution >= 0.6 is 11.8 Å². The fourth-order valence-corrected chi connectivity index (χ4v) is 3.56. The molecule has 1 aliphatic rings. The van der Waals surface area contributed by atoms with Crippen molar-refractivity contribution in [2.45, 2.75) is 9.79 Å². The van der Waals surface area contributed by atoms with Gasteiger partial charge in [0, 0.05) is 27.3 Å². The molecule has 0 atom stereocenters. The van der Waals surface area contributed by atoms with Crippen LogP contribution in [0, 0.1) is 0 Å². The van der Waals surface area contributed by atoms with Crippen molar-refractivity contribution in [2.75, 3.05) is 5.73 Å². The quantitative estimate of drug-likeness (QED) is 0.475. The van der Waals surface area contributed by atoms with Crippen molar-refractivity contribution in [2.24, 2.45) is 4.99 Å². The van der Waals surface area contributed by atoms with Crippen LogP contribution in [0.1, 0.15) is 5.56 Å². The fourth-order valence-electron chi connectivity index (χ4n) is 2.45. The number of nitrogen functional groups attached to an aromatic ring is 1. The van der Waals surface area contributed by atoms with Crippen molar-refractivity contribution < 1.29 is 0 Å². The van der Waals surface area contributed by atoms with Crippen LogP contribution in [-0.2, 0) is 0 Å². The Kier molecular flexibility index (Phi) is 2.54. The summed E-state index contributed by atoms with van der Waals surface area (Å²) in [6.45, 7) is 0. The first kappa shape index (κ1) is 11.6. The van der Waals surface area contributed by atoms with Crippen molar-refractivity contribution in [1.82, 2.24) is 0 Å². The first-order valence-electron chi connectivity index (χ1n) is 6.44. The number of hydrogen-bond acceptors (Lipinski definition) is 3. The van der Waals surface area contributed by atoms with Gasteiger partial charge in [0.05, 0.1) is 5.69 Å². The highest BCUT2D eigenvalue weighted by atomic mass is 32.2. The predicted molar refractivity (Wildman–Crippen MR) is 86.2 cm³/mol. The second-order valence-corrected chi connectivity index (χ2v) is 5.84. The lowest BCUT2D eigenvalue weighted by Crippen LogP contribution is -1.89. The van der Waals surface area contributed by atoms with Crippen molar-refractivity contribution in [1.29, 1.82) is 0 Å². The van der Waals surface area contributed by atoms with Crippen LogP contribution in [0.3, 0.4) is 0 Å². The van der Waals surface area contributed by atoms with Crippen molar-refractivity contribution in [3.63, 3.8) is 0 Å². The van der Waals surface area contributed by atoms with Crippen molar-refractivity contribution >= 4 is 40.1 Å². The summed E-state index contributed by atoms with van der Waals surface area (Å²) in [6, 6.07) is 18.6. The molecule has 0 fully saturated rings. The van der Waals surface area contributed by atoms with E-state index in [-0.39, 0.29) is 0 Å². The molecular formula is C17H12N2S. The lowest BCUT2D eigenvalue weighted by molar-refractivity contribution is 1.43. The molecule has 3 aromatic carbocycles. The van der Waals surface area contributed by atoms with E-state index >= 15 is 0 Å². The van der Waals surface area contributed by atoms with E-state index in [0.29, 0.717) is 0 Å². The van der Waals surface area contributed by atoms with E-state index in [1.807, 2.05) is 18.3 Å². The smallest absolute Gasteiger partial charge is 0.0775 e. The van der Waals surface area contributed by atoms with Crippen LogP contribution in [0.25, 0.3) is 10.8 Å². The number of benzene rings is 3. The van der Waals surface area contributed by atoms with Gasteiger partial charge in [-0.15, -0.1) is 0 Å². The minimum Gasteiger partial charge on any atom is -0.399 e. The van der Waals surface area contributed by atoms with Gasteiger partial charge < -0.3 is 5.73 Å². The summed E-state index contributed by atoms with van der Waals surface area (Å²) >= 11 is 1.76. The Morgan fingerprint density at radius 1 is 0.950 bits per heavy atom. The zero-order valence-electron chi connectivity index (χ0n) is 10.7. The summed E-state index contributed by atoms with van der Waals surface area (Å²) in [4.78, 5) is 7.02. The van der Waals surface area contributed by atoms with Crippen LogP contribution in [0.4, 0.5) is 11.4 Å². The normalized spacial score (nSPS) is 12.8. The third kappa shape index (κ3) is 1.79. The van der Waals surface area contributed by atoms with E-state index in [1.54, 1.807) is 11.8 Å². The Morgan fingerprint density at radius 3 is 2.80 bits per heavy atom. The van der Waals surface area contributed by atoms with Gasteiger partial charge in [-0.2, -0.15) is 0 Å². The maximum atomic E-state index is 5.86. The molecule has 0 amide bonds. The summed E-state index contributed by atoms with van der Waals surface area (Å²) in [6.07, 6.45) is 1.90. The van der Waals surface area contributed by atoms with Crippen LogP contribution < -0.4 is 5.73 Å². The van der Waals surface area contributed by atoms with Gasteiger partial charge in [0.2, 0.25) is 0 Å². The molecule has 0 spiro atoms. The summed E-state index contributed by atoms with van der Waals surface area (Å²) < 4.78 is 0. The molecule has 0 radical (unpaired) electrons. The Labute approximate surface area is 121 Å². The molecule has 0 bridgehead atoms. The molecule has 0 saturated carbocycles. The molecule has 1 aliphatic heterocycles. The van der Waals surface area contributed by atoms with Crippen molar-refractivity contribution in [3.8, 4) is 0 Å². The van der Waals surface area contributed by atoms with Gasteiger partial charge in [-0.25, -0.2) is 0 Å². The van der Waals surface area contributed by atoms with Gasteiger partial charge in [-0.3, -0.25) is 4.99 Å². The number of nitrogens with two attached hydrogens (primary N) is 1. The lowest BCUT2D eigenvalue weighted by atomic mass is 10.1. The first-order valence-corrected chi connectivity index (χ1v) is 7.26. The van der Waals surface area contributed by atoms with Crippen LogP contribution in [0.5, 0.6) is 0 Å². The molecule has 0 aliphatic carbocycles. The molecule has 1 heterocycles. The number of aliphatic imine (C=N–C) groups is 1. The SMILES string of the molecule is Nc1ccc2c(c1)C=Nc1ccc3ccccc3c1S2. The fraction of sp³-hybridized carbons (Fsp3) is 0. The minimum absolute atomic E-state index is 0.770. The number of nitrogens with zero attached hydrogens (tertiary/aromatic N) is 1. The third-order valence-electron chi connectivity index (χ3n) is 3.45. The van der Waals surface area contributed by atoms with Gasteiger partial charge in [0.15, 0.2) is 0 Å². The summed E-state index contributed by atoms with van der Waals surface area (Å²) in [5.41, 5.74) is 8.72. The average molecular weight is 276 g/mol. The summed E-state index contributed by atoms with van der Waals surface area (Å²) in [5.74, 6) is 0. The van der Waals surface area contributed by atoms with Gasteiger partial charge >= 0.3 is 0 Å². The average Bonchev–Trinajstić information content (AvgIpc) is 2.66. The van der Waals surface area contributed by atoms with E-state index in [0.717, 1.165) is 16.9 Å². The Balaban J connectivity index is 1.99. The third-order valence-corrected chi connectivity index (χ3v) is 4.67. The second kappa shape index (κ2) is 4.39. The van der Waals surface area contributed by atoms with Crippen LogP contribution in [0.2, 0.25) is 0 Å². The standard InChI is InChI=1S/C17H12N2S/c18-13-6-8-16-12(9-13)10-19-15-7-5-11-3-1-2-4-14(11)17(15)20-16/h1-10H,18H2. The molecule has 96 valence electrons. The Morgan fingerprint density at radius 2 is 1.85 bits per heavy atom. The topological polar surface area (TPSA) is 38.4 Å². The second-order valence-electron chi connectivity index (χ2n) is 4.79. The van der Waals surface area contributed by atoms with Gasteiger partial charge in [0.25, 0.3) is 0 Å². The zero-order valence-corrected chi connectivity index (χ0v) is 11.5. The zero-order chi connectivity index (χ0) is 13.5. The van der Waals surface area contributed by atoms with Crippen LogP contribution in [-0.4, -0.2) is 6.21 Å². The van der Waals surface area contributed by atoms with E-state index in [1.165, 1.54) is 20.6 Å². The number of anilines is 1. The Bertz CT molecular complexity index is 853. The van der Waals surface area contributed by atoms with E-state index < -0.39 is 0 Å². The summed E-state index contributed by atoms with van der Waals surface area (Å²) in [7, 11) is 0. The number of fused-ring (bicyclic) bond motifs is 4. The first-order chi connectivity index (χ1) is 9.81. The molecule has 0 saturated heterocycles.